The Hall–Kier alpha value is -1.35. The average molecular weight is 273 g/mol. The summed E-state index contributed by atoms with van der Waals surface area (Å²) < 4.78 is 0. The number of amides is 1. The Bertz CT molecular complexity index is 492. The number of hydrogen-bond donors (Lipinski definition) is 1. The first-order valence-electron chi connectivity index (χ1n) is 7.78. The van der Waals surface area contributed by atoms with E-state index in [-0.39, 0.29) is 12.5 Å². The van der Waals surface area contributed by atoms with Gasteiger partial charge in [-0.1, -0.05) is 37.5 Å². The first-order valence-corrected chi connectivity index (χ1v) is 7.78. The van der Waals surface area contributed by atoms with Crippen molar-refractivity contribution in [2.75, 3.05) is 6.54 Å². The molecule has 0 saturated heterocycles. The van der Waals surface area contributed by atoms with Crippen LogP contribution in [0.2, 0.25) is 0 Å². The lowest BCUT2D eigenvalue weighted by atomic mass is 9.87. The lowest BCUT2D eigenvalue weighted by Gasteiger charge is -2.33. The summed E-state index contributed by atoms with van der Waals surface area (Å²) >= 11 is 0. The van der Waals surface area contributed by atoms with Crippen molar-refractivity contribution < 1.29 is 9.90 Å². The summed E-state index contributed by atoms with van der Waals surface area (Å²) in [6.45, 7) is 1.67. The van der Waals surface area contributed by atoms with Gasteiger partial charge < -0.3 is 10.0 Å². The summed E-state index contributed by atoms with van der Waals surface area (Å²) in [7, 11) is 0. The van der Waals surface area contributed by atoms with Gasteiger partial charge in [0.05, 0.1) is 6.61 Å². The van der Waals surface area contributed by atoms with Crippen molar-refractivity contribution in [3.63, 3.8) is 0 Å². The van der Waals surface area contributed by atoms with Crippen LogP contribution in [0.3, 0.4) is 0 Å². The maximum absolute atomic E-state index is 12.6. The molecule has 1 aliphatic carbocycles. The third kappa shape index (κ3) is 2.73. The van der Waals surface area contributed by atoms with E-state index in [2.05, 4.69) is 12.1 Å². The highest BCUT2D eigenvalue weighted by atomic mass is 16.3. The molecule has 0 unspecified atom stereocenters. The smallest absolute Gasteiger partial charge is 0.225 e. The second kappa shape index (κ2) is 5.96. The van der Waals surface area contributed by atoms with Crippen LogP contribution in [0, 0.1) is 5.92 Å². The molecule has 1 amide bonds. The minimum atomic E-state index is 0.0952. The van der Waals surface area contributed by atoms with Crippen LogP contribution in [0.1, 0.15) is 48.8 Å². The van der Waals surface area contributed by atoms with Crippen LogP contribution >= 0.6 is 0 Å². The molecule has 3 nitrogen and oxygen atoms in total. The van der Waals surface area contributed by atoms with Crippen LogP contribution in [-0.2, 0) is 24.4 Å². The Labute approximate surface area is 120 Å². The van der Waals surface area contributed by atoms with E-state index >= 15 is 0 Å². The number of carbonyl (C=O) groups excluding carboxylic acids is 1. The highest BCUT2D eigenvalue weighted by Gasteiger charge is 2.28. The van der Waals surface area contributed by atoms with Crippen molar-refractivity contribution >= 4 is 5.91 Å². The van der Waals surface area contributed by atoms with E-state index in [9.17, 15) is 9.90 Å². The molecule has 1 aromatic carbocycles. The van der Waals surface area contributed by atoms with Crippen molar-refractivity contribution in [1.82, 2.24) is 4.90 Å². The summed E-state index contributed by atoms with van der Waals surface area (Å²) in [5, 5.41) is 9.19. The fraction of sp³-hybridized carbons (Fsp3) is 0.588. The molecular weight excluding hydrogens is 250 g/mol. The Morgan fingerprint density at radius 1 is 1.20 bits per heavy atom. The quantitative estimate of drug-likeness (QED) is 0.900. The monoisotopic (exact) mass is 273 g/mol. The maximum Gasteiger partial charge on any atom is 0.225 e. The Balaban J connectivity index is 1.70. The molecule has 1 saturated carbocycles. The van der Waals surface area contributed by atoms with Crippen molar-refractivity contribution in [3.05, 3.63) is 34.9 Å². The van der Waals surface area contributed by atoms with Gasteiger partial charge in [0.15, 0.2) is 0 Å². The van der Waals surface area contributed by atoms with Gasteiger partial charge in [0.2, 0.25) is 5.91 Å². The van der Waals surface area contributed by atoms with E-state index in [4.69, 9.17) is 0 Å². The first kappa shape index (κ1) is 13.6. The van der Waals surface area contributed by atoms with Crippen LogP contribution < -0.4 is 0 Å². The Morgan fingerprint density at radius 3 is 2.75 bits per heavy atom. The van der Waals surface area contributed by atoms with Gasteiger partial charge in [-0.15, -0.1) is 0 Å². The van der Waals surface area contributed by atoms with Crippen molar-refractivity contribution in [1.29, 1.82) is 0 Å². The second-order valence-electron chi connectivity index (χ2n) is 6.11. The number of nitrogens with zero attached hydrogens (tertiary/aromatic N) is 1. The number of carbonyl (C=O) groups is 1. The fourth-order valence-electron chi connectivity index (χ4n) is 3.50. The average Bonchev–Trinajstić information content (AvgIpc) is 2.54. The SMILES string of the molecule is O=C(C1CCCCC1)N1CCc2cc(CO)ccc2C1. The molecule has 1 aromatic rings. The van der Waals surface area contributed by atoms with E-state index in [0.29, 0.717) is 5.91 Å². The predicted octanol–water partition coefficient (Wildman–Crippen LogP) is 2.64. The summed E-state index contributed by atoms with van der Waals surface area (Å²) in [5.41, 5.74) is 3.51. The second-order valence-corrected chi connectivity index (χ2v) is 6.11. The third-order valence-corrected chi connectivity index (χ3v) is 4.73. The molecule has 1 heterocycles. The molecule has 1 aliphatic heterocycles. The third-order valence-electron chi connectivity index (χ3n) is 4.73. The van der Waals surface area contributed by atoms with Gasteiger partial charge in [-0.25, -0.2) is 0 Å². The number of aliphatic hydroxyl groups excluding tert-OH is 1. The molecule has 3 heteroatoms. The van der Waals surface area contributed by atoms with Gasteiger partial charge in [0, 0.05) is 19.0 Å². The lowest BCUT2D eigenvalue weighted by molar-refractivity contribution is -0.137. The molecule has 108 valence electrons. The number of rotatable bonds is 2. The maximum atomic E-state index is 12.6. The first-order chi connectivity index (χ1) is 9.78. The number of hydrogen-bond acceptors (Lipinski definition) is 2. The van der Waals surface area contributed by atoms with Gasteiger partial charge in [-0.2, -0.15) is 0 Å². The molecule has 1 fully saturated rings. The highest BCUT2D eigenvalue weighted by Crippen LogP contribution is 2.28. The molecule has 3 rings (SSSR count). The van der Waals surface area contributed by atoms with Crippen molar-refractivity contribution in [2.45, 2.75) is 51.7 Å². The van der Waals surface area contributed by atoms with Crippen LogP contribution in [0.15, 0.2) is 18.2 Å². The molecule has 0 bridgehead atoms. The zero-order chi connectivity index (χ0) is 13.9. The summed E-state index contributed by atoms with van der Waals surface area (Å²) in [5.74, 6) is 0.628. The van der Waals surface area contributed by atoms with Crippen molar-refractivity contribution in [3.8, 4) is 0 Å². The fourth-order valence-corrected chi connectivity index (χ4v) is 3.50. The predicted molar refractivity (Wildman–Crippen MR) is 78.1 cm³/mol. The molecule has 20 heavy (non-hydrogen) atoms. The number of benzene rings is 1. The van der Waals surface area contributed by atoms with E-state index in [1.165, 1.54) is 30.4 Å². The molecule has 0 atom stereocenters. The topological polar surface area (TPSA) is 40.5 Å². The van der Waals surface area contributed by atoms with Gasteiger partial charge in [-0.3, -0.25) is 4.79 Å². The highest BCUT2D eigenvalue weighted by molar-refractivity contribution is 5.79. The zero-order valence-electron chi connectivity index (χ0n) is 12.0. The largest absolute Gasteiger partial charge is 0.392 e. The molecular formula is C17H23NO2. The molecule has 2 aliphatic rings. The minimum Gasteiger partial charge on any atom is -0.392 e. The Morgan fingerprint density at radius 2 is 2.00 bits per heavy atom. The lowest BCUT2D eigenvalue weighted by Crippen LogP contribution is -2.40. The molecule has 0 spiro atoms. The van der Waals surface area contributed by atoms with Crippen LogP contribution in [0.25, 0.3) is 0 Å². The number of fused-ring (bicyclic) bond motifs is 1. The van der Waals surface area contributed by atoms with Crippen molar-refractivity contribution in [2.24, 2.45) is 5.92 Å². The minimum absolute atomic E-state index is 0.0952. The van der Waals surface area contributed by atoms with Gasteiger partial charge >= 0.3 is 0 Å². The van der Waals surface area contributed by atoms with E-state index < -0.39 is 0 Å². The summed E-state index contributed by atoms with van der Waals surface area (Å²) in [4.78, 5) is 14.6. The Kier molecular flexibility index (Phi) is 4.06. The zero-order valence-corrected chi connectivity index (χ0v) is 12.0. The normalized spacial score (nSPS) is 19.8. The van der Waals surface area contributed by atoms with E-state index in [0.717, 1.165) is 37.9 Å². The van der Waals surface area contributed by atoms with E-state index in [1.54, 1.807) is 0 Å². The van der Waals surface area contributed by atoms with Gasteiger partial charge in [0.1, 0.15) is 0 Å². The molecule has 0 radical (unpaired) electrons. The summed E-state index contributed by atoms with van der Waals surface area (Å²) in [6.07, 6.45) is 6.77. The van der Waals surface area contributed by atoms with Gasteiger partial charge in [-0.05, 0) is 36.0 Å². The standard InChI is InChI=1S/C17H23NO2/c19-12-13-6-7-16-11-18(9-8-15(16)10-13)17(20)14-4-2-1-3-5-14/h6-7,10,14,19H,1-5,8-9,11-12H2. The molecule has 0 aromatic heterocycles. The van der Waals surface area contributed by atoms with Crippen LogP contribution in [0.4, 0.5) is 0 Å². The van der Waals surface area contributed by atoms with Gasteiger partial charge in [0.25, 0.3) is 0 Å². The van der Waals surface area contributed by atoms with Crippen LogP contribution in [-0.4, -0.2) is 22.5 Å². The van der Waals surface area contributed by atoms with E-state index in [1.807, 2.05) is 11.0 Å². The number of aliphatic hydroxyl groups is 1. The molecule has 1 N–H and O–H groups in total. The summed E-state index contributed by atoms with van der Waals surface area (Å²) in [6, 6.07) is 6.12. The van der Waals surface area contributed by atoms with Crippen LogP contribution in [0.5, 0.6) is 0 Å².